The molecule has 0 radical (unpaired) electrons. The molecule has 1 N–H and O–H groups in total. The van der Waals surface area contributed by atoms with Crippen molar-refractivity contribution in [1.29, 1.82) is 0 Å². The molecule has 0 spiro atoms. The number of anilines is 2. The first-order chi connectivity index (χ1) is 7.78. The van der Waals surface area contributed by atoms with Crippen molar-refractivity contribution in [2.75, 3.05) is 12.4 Å². The van der Waals surface area contributed by atoms with E-state index in [0.717, 1.165) is 17.1 Å². The summed E-state index contributed by atoms with van der Waals surface area (Å²) in [4.78, 5) is 0. The summed E-state index contributed by atoms with van der Waals surface area (Å²) in [6, 6.07) is 16.2. The van der Waals surface area contributed by atoms with Crippen LogP contribution in [0, 0.1) is 6.92 Å². The van der Waals surface area contributed by atoms with Crippen molar-refractivity contribution < 1.29 is 4.74 Å². The lowest BCUT2D eigenvalue weighted by atomic mass is 10.2. The van der Waals surface area contributed by atoms with Crippen LogP contribution >= 0.6 is 0 Å². The van der Waals surface area contributed by atoms with Gasteiger partial charge >= 0.3 is 0 Å². The Morgan fingerprint density at radius 3 is 2.31 bits per heavy atom. The maximum Gasteiger partial charge on any atom is 0.120 e. The van der Waals surface area contributed by atoms with Crippen molar-refractivity contribution in [2.24, 2.45) is 0 Å². The number of methoxy groups -OCH3 is 1. The van der Waals surface area contributed by atoms with E-state index in [-0.39, 0.29) is 0 Å². The molecule has 2 aromatic rings. The van der Waals surface area contributed by atoms with E-state index < -0.39 is 0 Å². The van der Waals surface area contributed by atoms with Gasteiger partial charge in [0.2, 0.25) is 0 Å². The molecular formula is C14H15NO. The van der Waals surface area contributed by atoms with Gasteiger partial charge in [-0.2, -0.15) is 0 Å². The number of aryl methyl sites for hydroxylation is 1. The Balaban J connectivity index is 2.20. The van der Waals surface area contributed by atoms with Gasteiger partial charge in [0, 0.05) is 17.4 Å². The van der Waals surface area contributed by atoms with Crippen LogP contribution in [0.15, 0.2) is 48.5 Å². The fourth-order valence-corrected chi connectivity index (χ4v) is 1.59. The summed E-state index contributed by atoms with van der Waals surface area (Å²) in [5.74, 6) is 0.859. The normalized spacial score (nSPS) is 9.88. The first-order valence-corrected chi connectivity index (χ1v) is 5.26. The number of rotatable bonds is 3. The van der Waals surface area contributed by atoms with Crippen molar-refractivity contribution in [3.05, 3.63) is 54.1 Å². The summed E-state index contributed by atoms with van der Waals surface area (Å²) in [6.45, 7) is 2.08. The highest BCUT2D eigenvalue weighted by Gasteiger charge is 1.96. The summed E-state index contributed by atoms with van der Waals surface area (Å²) in [5.41, 5.74) is 3.37. The van der Waals surface area contributed by atoms with Crippen LogP contribution in [0.2, 0.25) is 0 Å². The number of ether oxygens (including phenoxy) is 1. The number of hydrogen-bond acceptors (Lipinski definition) is 2. The third-order valence-corrected chi connectivity index (χ3v) is 2.38. The van der Waals surface area contributed by atoms with E-state index in [0.29, 0.717) is 0 Å². The highest BCUT2D eigenvalue weighted by atomic mass is 16.5. The average molecular weight is 213 g/mol. The summed E-state index contributed by atoms with van der Waals surface area (Å²) < 4.78 is 5.18. The Hall–Kier alpha value is -1.96. The molecule has 0 unspecified atom stereocenters. The fourth-order valence-electron chi connectivity index (χ4n) is 1.59. The van der Waals surface area contributed by atoms with Gasteiger partial charge in [0.25, 0.3) is 0 Å². The Kier molecular flexibility index (Phi) is 3.10. The summed E-state index contributed by atoms with van der Waals surface area (Å²) >= 11 is 0. The molecule has 2 heteroatoms. The third kappa shape index (κ3) is 2.54. The van der Waals surface area contributed by atoms with Crippen LogP contribution < -0.4 is 10.1 Å². The highest BCUT2D eigenvalue weighted by molar-refractivity contribution is 5.61. The first-order valence-electron chi connectivity index (χ1n) is 5.26. The van der Waals surface area contributed by atoms with Crippen LogP contribution in [0.4, 0.5) is 11.4 Å². The molecule has 2 aromatic carbocycles. The van der Waals surface area contributed by atoms with Gasteiger partial charge in [-0.1, -0.05) is 18.2 Å². The number of nitrogens with one attached hydrogen (secondary N) is 1. The van der Waals surface area contributed by atoms with E-state index >= 15 is 0 Å². The highest BCUT2D eigenvalue weighted by Crippen LogP contribution is 2.21. The molecule has 0 aliphatic carbocycles. The van der Waals surface area contributed by atoms with Gasteiger partial charge < -0.3 is 10.1 Å². The Morgan fingerprint density at radius 1 is 0.938 bits per heavy atom. The molecule has 2 rings (SSSR count). The summed E-state index contributed by atoms with van der Waals surface area (Å²) in [7, 11) is 1.67. The van der Waals surface area contributed by atoms with Crippen molar-refractivity contribution >= 4 is 11.4 Å². The van der Waals surface area contributed by atoms with Crippen molar-refractivity contribution in [2.45, 2.75) is 6.92 Å². The van der Waals surface area contributed by atoms with Crippen LogP contribution in [-0.4, -0.2) is 7.11 Å². The predicted octanol–water partition coefficient (Wildman–Crippen LogP) is 3.75. The van der Waals surface area contributed by atoms with Gasteiger partial charge in [-0.3, -0.25) is 0 Å². The fraction of sp³-hybridized carbons (Fsp3) is 0.143. The Labute approximate surface area is 95.9 Å². The smallest absolute Gasteiger partial charge is 0.120 e. The summed E-state index contributed by atoms with van der Waals surface area (Å²) in [6.07, 6.45) is 0. The molecular weight excluding hydrogens is 198 g/mol. The lowest BCUT2D eigenvalue weighted by Crippen LogP contribution is -1.91. The van der Waals surface area contributed by atoms with Crippen LogP contribution in [0.1, 0.15) is 5.56 Å². The molecule has 0 fully saturated rings. The zero-order chi connectivity index (χ0) is 11.4. The van der Waals surface area contributed by atoms with E-state index in [9.17, 15) is 0 Å². The second kappa shape index (κ2) is 4.71. The van der Waals surface area contributed by atoms with E-state index in [1.807, 2.05) is 36.4 Å². The molecule has 0 atom stereocenters. The molecule has 0 aliphatic rings. The van der Waals surface area contributed by atoms with Crippen LogP contribution in [0.5, 0.6) is 5.75 Å². The topological polar surface area (TPSA) is 21.3 Å². The first kappa shape index (κ1) is 10.6. The van der Waals surface area contributed by atoms with Gasteiger partial charge in [-0.05, 0) is 36.8 Å². The van der Waals surface area contributed by atoms with E-state index in [4.69, 9.17) is 4.74 Å². The van der Waals surface area contributed by atoms with Crippen LogP contribution in [0.25, 0.3) is 0 Å². The van der Waals surface area contributed by atoms with Crippen molar-refractivity contribution in [1.82, 2.24) is 0 Å². The van der Waals surface area contributed by atoms with Crippen molar-refractivity contribution in [3.63, 3.8) is 0 Å². The molecule has 0 amide bonds. The molecule has 0 heterocycles. The Morgan fingerprint density at radius 2 is 1.62 bits per heavy atom. The molecule has 16 heavy (non-hydrogen) atoms. The quantitative estimate of drug-likeness (QED) is 0.838. The number of benzene rings is 2. The maximum atomic E-state index is 5.18. The monoisotopic (exact) mass is 213 g/mol. The lowest BCUT2D eigenvalue weighted by molar-refractivity contribution is 0.415. The standard InChI is InChI=1S/C14H15NO/c1-11-5-3-6-12(9-11)15-13-7-4-8-14(10-13)16-2/h3-10,15H,1-2H3. The van der Waals surface area contributed by atoms with E-state index in [1.165, 1.54) is 5.56 Å². The van der Waals surface area contributed by atoms with Gasteiger partial charge in [0.15, 0.2) is 0 Å². The molecule has 0 aromatic heterocycles. The Bertz CT molecular complexity index is 480. The molecule has 0 saturated heterocycles. The molecule has 0 aliphatic heterocycles. The maximum absolute atomic E-state index is 5.18. The zero-order valence-electron chi connectivity index (χ0n) is 9.53. The zero-order valence-corrected chi connectivity index (χ0v) is 9.53. The van der Waals surface area contributed by atoms with Crippen LogP contribution in [-0.2, 0) is 0 Å². The SMILES string of the molecule is COc1cccc(Nc2cccc(C)c2)c1. The van der Waals surface area contributed by atoms with Gasteiger partial charge in [0.05, 0.1) is 7.11 Å². The molecule has 0 bridgehead atoms. The molecule has 0 saturated carbocycles. The molecule has 2 nitrogen and oxygen atoms in total. The van der Waals surface area contributed by atoms with Gasteiger partial charge in [-0.15, -0.1) is 0 Å². The molecule has 82 valence electrons. The number of hydrogen-bond donors (Lipinski definition) is 1. The second-order valence-electron chi connectivity index (χ2n) is 3.73. The van der Waals surface area contributed by atoms with Gasteiger partial charge in [0.1, 0.15) is 5.75 Å². The largest absolute Gasteiger partial charge is 0.497 e. The van der Waals surface area contributed by atoms with E-state index in [2.05, 4.69) is 24.4 Å². The third-order valence-electron chi connectivity index (χ3n) is 2.38. The van der Waals surface area contributed by atoms with E-state index in [1.54, 1.807) is 7.11 Å². The minimum Gasteiger partial charge on any atom is -0.497 e. The van der Waals surface area contributed by atoms with Gasteiger partial charge in [-0.25, -0.2) is 0 Å². The minimum absolute atomic E-state index is 0.859. The average Bonchev–Trinajstić information content (AvgIpc) is 2.29. The predicted molar refractivity (Wildman–Crippen MR) is 67.5 cm³/mol. The summed E-state index contributed by atoms with van der Waals surface area (Å²) in [5, 5.41) is 3.34. The minimum atomic E-state index is 0.859. The van der Waals surface area contributed by atoms with Crippen LogP contribution in [0.3, 0.4) is 0 Å². The lowest BCUT2D eigenvalue weighted by Gasteiger charge is -2.08. The second-order valence-corrected chi connectivity index (χ2v) is 3.73. The van der Waals surface area contributed by atoms with Crippen molar-refractivity contribution in [3.8, 4) is 5.75 Å².